The lowest BCUT2D eigenvalue weighted by atomic mass is 9.90. The van der Waals surface area contributed by atoms with Crippen molar-refractivity contribution in [2.24, 2.45) is 5.73 Å². The van der Waals surface area contributed by atoms with E-state index in [2.05, 4.69) is 4.72 Å². The number of hydrogen-bond donors (Lipinski definition) is 2. The zero-order valence-electron chi connectivity index (χ0n) is 9.59. The summed E-state index contributed by atoms with van der Waals surface area (Å²) in [5.41, 5.74) is 5.66. The average Bonchev–Trinajstić information content (AvgIpc) is 2.27. The molecule has 0 unspecified atom stereocenters. The van der Waals surface area contributed by atoms with Gasteiger partial charge in [0.05, 0.1) is 0 Å². The highest BCUT2D eigenvalue weighted by atomic mass is 32.2. The Labute approximate surface area is 101 Å². The van der Waals surface area contributed by atoms with Gasteiger partial charge >= 0.3 is 0 Å². The van der Waals surface area contributed by atoms with E-state index < -0.39 is 10.0 Å². The van der Waals surface area contributed by atoms with Gasteiger partial charge in [0.25, 0.3) is 0 Å². The van der Waals surface area contributed by atoms with E-state index in [0.717, 1.165) is 12.8 Å². The summed E-state index contributed by atoms with van der Waals surface area (Å²) in [5.74, 6) is 0.388. The van der Waals surface area contributed by atoms with Crippen molar-refractivity contribution in [2.45, 2.75) is 29.9 Å². The number of rotatable bonds is 4. The summed E-state index contributed by atoms with van der Waals surface area (Å²) < 4.78 is 31.4. The summed E-state index contributed by atoms with van der Waals surface area (Å²) in [6.07, 6.45) is 1.57. The number of nitrogens with one attached hydrogen (secondary N) is 1. The number of sulfonamides is 1. The molecule has 1 aromatic rings. The van der Waals surface area contributed by atoms with E-state index in [1.807, 2.05) is 0 Å². The van der Waals surface area contributed by atoms with Crippen molar-refractivity contribution < 1.29 is 13.2 Å². The van der Waals surface area contributed by atoms with E-state index in [4.69, 9.17) is 10.5 Å². The molecule has 1 fully saturated rings. The molecule has 94 valence electrons. The monoisotopic (exact) mass is 256 g/mol. The standard InChI is InChI=1S/C11H16N2O3S/c1-13-17(14,15)11-5-3-2-4-10(11)16-9-6-8(12)7-9/h2-5,8-9,13H,6-7,12H2,1H3. The maximum Gasteiger partial charge on any atom is 0.243 e. The van der Waals surface area contributed by atoms with E-state index in [1.165, 1.54) is 13.1 Å². The first-order valence-electron chi connectivity index (χ1n) is 5.48. The molecule has 0 bridgehead atoms. The van der Waals surface area contributed by atoms with Crippen molar-refractivity contribution in [1.29, 1.82) is 0 Å². The van der Waals surface area contributed by atoms with Crippen molar-refractivity contribution in [2.75, 3.05) is 7.05 Å². The molecule has 17 heavy (non-hydrogen) atoms. The van der Waals surface area contributed by atoms with Crippen molar-refractivity contribution in [3.63, 3.8) is 0 Å². The Kier molecular flexibility index (Phi) is 3.37. The van der Waals surface area contributed by atoms with Crippen molar-refractivity contribution in [3.05, 3.63) is 24.3 Å². The van der Waals surface area contributed by atoms with Crippen molar-refractivity contribution in [1.82, 2.24) is 4.72 Å². The van der Waals surface area contributed by atoms with Crippen LogP contribution in [0.15, 0.2) is 29.2 Å². The van der Waals surface area contributed by atoms with Crippen molar-refractivity contribution in [3.8, 4) is 5.75 Å². The molecule has 1 aromatic carbocycles. The fourth-order valence-electron chi connectivity index (χ4n) is 1.76. The Morgan fingerprint density at radius 2 is 2.00 bits per heavy atom. The molecular weight excluding hydrogens is 240 g/mol. The molecule has 0 heterocycles. The van der Waals surface area contributed by atoms with Gasteiger partial charge in [-0.2, -0.15) is 0 Å². The highest BCUT2D eigenvalue weighted by molar-refractivity contribution is 7.89. The smallest absolute Gasteiger partial charge is 0.243 e. The van der Waals surface area contributed by atoms with Gasteiger partial charge in [-0.05, 0) is 32.0 Å². The zero-order valence-corrected chi connectivity index (χ0v) is 10.4. The number of benzene rings is 1. The summed E-state index contributed by atoms with van der Waals surface area (Å²) >= 11 is 0. The van der Waals surface area contributed by atoms with Crippen LogP contribution in [0.4, 0.5) is 0 Å². The maximum atomic E-state index is 11.8. The molecular formula is C11H16N2O3S. The van der Waals surface area contributed by atoms with Gasteiger partial charge in [0.2, 0.25) is 10.0 Å². The highest BCUT2D eigenvalue weighted by Crippen LogP contribution is 2.29. The van der Waals surface area contributed by atoms with Gasteiger partial charge in [0.1, 0.15) is 16.7 Å². The predicted molar refractivity (Wildman–Crippen MR) is 64.3 cm³/mol. The van der Waals surface area contributed by atoms with Gasteiger partial charge in [0, 0.05) is 6.04 Å². The molecule has 0 spiro atoms. The minimum Gasteiger partial charge on any atom is -0.489 e. The highest BCUT2D eigenvalue weighted by Gasteiger charge is 2.29. The zero-order chi connectivity index (χ0) is 12.5. The fourth-order valence-corrected chi connectivity index (χ4v) is 2.62. The molecule has 2 rings (SSSR count). The third-order valence-corrected chi connectivity index (χ3v) is 4.29. The Balaban J connectivity index is 2.22. The van der Waals surface area contributed by atoms with Crippen LogP contribution in [0.25, 0.3) is 0 Å². The van der Waals surface area contributed by atoms with Crippen LogP contribution < -0.4 is 15.2 Å². The maximum absolute atomic E-state index is 11.8. The molecule has 6 heteroatoms. The lowest BCUT2D eigenvalue weighted by molar-refractivity contribution is 0.0976. The predicted octanol–water partition coefficient (Wildman–Crippen LogP) is 0.463. The second kappa shape index (κ2) is 4.64. The second-order valence-electron chi connectivity index (χ2n) is 4.13. The third-order valence-electron chi connectivity index (χ3n) is 2.83. The Morgan fingerprint density at radius 1 is 1.35 bits per heavy atom. The Morgan fingerprint density at radius 3 is 2.59 bits per heavy atom. The third kappa shape index (κ3) is 2.59. The minimum atomic E-state index is -3.48. The number of hydrogen-bond acceptors (Lipinski definition) is 4. The summed E-state index contributed by atoms with van der Waals surface area (Å²) in [4.78, 5) is 0.169. The molecule has 0 saturated heterocycles. The van der Waals surface area contributed by atoms with Gasteiger partial charge in [-0.1, -0.05) is 12.1 Å². The van der Waals surface area contributed by atoms with Gasteiger partial charge in [-0.25, -0.2) is 13.1 Å². The molecule has 0 aromatic heterocycles. The van der Waals surface area contributed by atoms with Crippen molar-refractivity contribution >= 4 is 10.0 Å². The Bertz CT molecular complexity index is 495. The van der Waals surface area contributed by atoms with Crippen LogP contribution in [-0.2, 0) is 10.0 Å². The van der Waals surface area contributed by atoms with Crippen LogP contribution in [0.1, 0.15) is 12.8 Å². The SMILES string of the molecule is CNS(=O)(=O)c1ccccc1OC1CC(N)C1. The van der Waals surface area contributed by atoms with E-state index in [9.17, 15) is 8.42 Å². The molecule has 0 aliphatic heterocycles. The first-order chi connectivity index (χ1) is 8.03. The minimum absolute atomic E-state index is 0.0261. The van der Waals surface area contributed by atoms with Crippen LogP contribution in [0.2, 0.25) is 0 Å². The molecule has 3 N–H and O–H groups in total. The fraction of sp³-hybridized carbons (Fsp3) is 0.455. The second-order valence-corrected chi connectivity index (χ2v) is 5.98. The quantitative estimate of drug-likeness (QED) is 0.820. The summed E-state index contributed by atoms with van der Waals surface area (Å²) in [6, 6.07) is 6.79. The molecule has 5 nitrogen and oxygen atoms in total. The summed E-state index contributed by atoms with van der Waals surface area (Å²) in [6.45, 7) is 0. The number of para-hydroxylation sites is 1. The molecule has 1 saturated carbocycles. The van der Waals surface area contributed by atoms with Crippen LogP contribution in [0.5, 0.6) is 5.75 Å². The van der Waals surface area contributed by atoms with Crippen LogP contribution in [-0.4, -0.2) is 27.6 Å². The molecule has 0 atom stereocenters. The molecule has 0 radical (unpaired) electrons. The van der Waals surface area contributed by atoms with E-state index in [0.29, 0.717) is 5.75 Å². The van der Waals surface area contributed by atoms with E-state index in [1.54, 1.807) is 18.2 Å². The van der Waals surface area contributed by atoms with E-state index >= 15 is 0 Å². The number of ether oxygens (including phenoxy) is 1. The van der Waals surface area contributed by atoms with Gasteiger partial charge in [-0.15, -0.1) is 0 Å². The average molecular weight is 256 g/mol. The largest absolute Gasteiger partial charge is 0.489 e. The lowest BCUT2D eigenvalue weighted by Gasteiger charge is -2.33. The first-order valence-corrected chi connectivity index (χ1v) is 6.96. The normalized spacial score (nSPS) is 24.1. The molecule has 0 amide bonds. The lowest BCUT2D eigenvalue weighted by Crippen LogP contribution is -2.43. The first kappa shape index (κ1) is 12.3. The van der Waals surface area contributed by atoms with Gasteiger partial charge < -0.3 is 10.5 Å². The molecule has 1 aliphatic carbocycles. The van der Waals surface area contributed by atoms with Gasteiger partial charge in [0.15, 0.2) is 0 Å². The van der Waals surface area contributed by atoms with Crippen LogP contribution in [0, 0.1) is 0 Å². The number of nitrogens with two attached hydrogens (primary N) is 1. The molecule has 1 aliphatic rings. The van der Waals surface area contributed by atoms with Crippen LogP contribution in [0.3, 0.4) is 0 Å². The van der Waals surface area contributed by atoms with Crippen LogP contribution >= 0.6 is 0 Å². The van der Waals surface area contributed by atoms with E-state index in [-0.39, 0.29) is 17.0 Å². The topological polar surface area (TPSA) is 81.4 Å². The summed E-state index contributed by atoms with van der Waals surface area (Å²) in [7, 11) is -2.10. The van der Waals surface area contributed by atoms with Gasteiger partial charge in [-0.3, -0.25) is 0 Å². The Hall–Kier alpha value is -1.11. The summed E-state index contributed by atoms with van der Waals surface area (Å²) in [5, 5.41) is 0.